The number of nitriles is 1. The van der Waals surface area contributed by atoms with E-state index in [1.165, 1.54) is 0 Å². The topological polar surface area (TPSA) is 44.0 Å². The molecule has 0 aliphatic rings. The van der Waals surface area contributed by atoms with E-state index in [4.69, 9.17) is 5.26 Å². The van der Waals surface area contributed by atoms with Crippen molar-refractivity contribution >= 4 is 0 Å². The van der Waals surface area contributed by atoms with Crippen LogP contribution in [0.3, 0.4) is 0 Å². The predicted molar refractivity (Wildman–Crippen MR) is 81.0 cm³/mol. The molecule has 0 saturated heterocycles. The van der Waals surface area contributed by atoms with E-state index in [1.807, 2.05) is 48.5 Å². The van der Waals surface area contributed by atoms with E-state index < -0.39 is 6.10 Å². The summed E-state index contributed by atoms with van der Waals surface area (Å²) in [5.41, 5.74) is 3.79. The molecule has 2 aromatic carbocycles. The maximum Gasteiger partial charge on any atom is 0.0991 e. The Morgan fingerprint density at radius 2 is 1.50 bits per heavy atom. The van der Waals surface area contributed by atoms with Crippen molar-refractivity contribution in [1.29, 1.82) is 5.26 Å². The Labute approximate surface area is 120 Å². The Morgan fingerprint density at radius 3 is 1.95 bits per heavy atom. The van der Waals surface area contributed by atoms with Crippen molar-refractivity contribution < 1.29 is 5.11 Å². The quantitative estimate of drug-likeness (QED) is 0.895. The highest BCUT2D eigenvalue weighted by molar-refractivity contribution is 5.64. The summed E-state index contributed by atoms with van der Waals surface area (Å²) in [5.74, 6) is 0.260. The molecular formula is C18H19NO. The predicted octanol–water partition coefficient (Wildman–Crippen LogP) is 4.30. The summed E-state index contributed by atoms with van der Waals surface area (Å²) in [6.45, 7) is 4.14. The minimum atomic E-state index is -0.407. The molecule has 0 aromatic heterocycles. The Hall–Kier alpha value is -2.11. The first-order valence-electron chi connectivity index (χ1n) is 6.94. The van der Waals surface area contributed by atoms with Gasteiger partial charge in [-0.2, -0.15) is 5.26 Å². The summed E-state index contributed by atoms with van der Waals surface area (Å²) < 4.78 is 0. The largest absolute Gasteiger partial charge is 0.388 e. The van der Waals surface area contributed by atoms with Gasteiger partial charge in [-0.05, 0) is 34.7 Å². The van der Waals surface area contributed by atoms with Crippen LogP contribution in [0.1, 0.15) is 37.5 Å². The zero-order valence-corrected chi connectivity index (χ0v) is 11.9. The van der Waals surface area contributed by atoms with Crippen LogP contribution in [0.2, 0.25) is 0 Å². The lowest BCUT2D eigenvalue weighted by molar-refractivity contribution is 0.115. The molecule has 0 saturated carbocycles. The Bertz CT molecular complexity index is 593. The van der Waals surface area contributed by atoms with Crippen molar-refractivity contribution in [2.45, 2.75) is 26.4 Å². The average molecular weight is 265 g/mol. The number of hydrogen-bond acceptors (Lipinski definition) is 2. The number of hydrogen-bond donors (Lipinski definition) is 1. The molecular weight excluding hydrogens is 246 g/mol. The lowest BCUT2D eigenvalue weighted by Gasteiger charge is -2.17. The summed E-state index contributed by atoms with van der Waals surface area (Å²) in [4.78, 5) is 0. The highest BCUT2D eigenvalue weighted by Crippen LogP contribution is 2.27. The molecule has 2 aromatic rings. The number of benzene rings is 2. The molecule has 0 heterocycles. The normalized spacial score (nSPS) is 13.5. The Balaban J connectivity index is 2.21. The van der Waals surface area contributed by atoms with Crippen LogP contribution in [0.15, 0.2) is 48.5 Å². The van der Waals surface area contributed by atoms with Gasteiger partial charge in [0.15, 0.2) is 0 Å². The summed E-state index contributed by atoms with van der Waals surface area (Å²) in [6.07, 6.45) is 0.549. The molecule has 0 radical (unpaired) electrons. The van der Waals surface area contributed by atoms with Crippen molar-refractivity contribution in [3.05, 3.63) is 59.7 Å². The zero-order valence-electron chi connectivity index (χ0n) is 11.9. The first kappa shape index (κ1) is 14.3. The van der Waals surface area contributed by atoms with E-state index in [-0.39, 0.29) is 5.92 Å². The molecule has 2 heteroatoms. The van der Waals surface area contributed by atoms with Crippen LogP contribution < -0.4 is 0 Å². The second-order valence-electron chi connectivity index (χ2n) is 5.14. The summed E-state index contributed by atoms with van der Waals surface area (Å²) in [6, 6.07) is 17.6. The van der Waals surface area contributed by atoms with Crippen LogP contribution in [0, 0.1) is 17.2 Å². The molecule has 0 fully saturated rings. The van der Waals surface area contributed by atoms with Gasteiger partial charge in [0, 0.05) is 0 Å². The molecule has 1 N–H and O–H groups in total. The van der Waals surface area contributed by atoms with Gasteiger partial charge in [-0.15, -0.1) is 0 Å². The maximum absolute atomic E-state index is 10.2. The fourth-order valence-electron chi connectivity index (χ4n) is 2.16. The van der Waals surface area contributed by atoms with Crippen molar-refractivity contribution in [2.75, 3.05) is 0 Å². The van der Waals surface area contributed by atoms with Crippen LogP contribution in [-0.4, -0.2) is 5.11 Å². The molecule has 0 spiro atoms. The van der Waals surface area contributed by atoms with Crippen molar-refractivity contribution in [3.8, 4) is 17.2 Å². The van der Waals surface area contributed by atoms with Gasteiger partial charge in [0.2, 0.25) is 0 Å². The highest BCUT2D eigenvalue weighted by Gasteiger charge is 2.14. The number of aliphatic hydroxyl groups is 1. The van der Waals surface area contributed by atoms with Gasteiger partial charge < -0.3 is 5.11 Å². The van der Waals surface area contributed by atoms with Crippen LogP contribution in [0.25, 0.3) is 11.1 Å². The fraction of sp³-hybridized carbons (Fsp3) is 0.278. The third-order valence-electron chi connectivity index (χ3n) is 3.78. The molecule has 0 amide bonds. The minimum Gasteiger partial charge on any atom is -0.388 e. The second-order valence-corrected chi connectivity index (χ2v) is 5.14. The van der Waals surface area contributed by atoms with E-state index in [1.54, 1.807) is 0 Å². The highest BCUT2D eigenvalue weighted by atomic mass is 16.3. The van der Waals surface area contributed by atoms with Crippen LogP contribution in [0.5, 0.6) is 0 Å². The van der Waals surface area contributed by atoms with Gasteiger partial charge in [-0.1, -0.05) is 56.7 Å². The third kappa shape index (κ3) is 3.07. The molecule has 102 valence electrons. The van der Waals surface area contributed by atoms with Crippen LogP contribution >= 0.6 is 0 Å². The molecule has 2 unspecified atom stereocenters. The number of aliphatic hydroxyl groups excluding tert-OH is 1. The van der Waals surface area contributed by atoms with Gasteiger partial charge in [0.05, 0.1) is 17.7 Å². The van der Waals surface area contributed by atoms with Crippen molar-refractivity contribution in [1.82, 2.24) is 0 Å². The van der Waals surface area contributed by atoms with Gasteiger partial charge in [0.25, 0.3) is 0 Å². The lowest BCUT2D eigenvalue weighted by atomic mass is 9.94. The molecule has 2 nitrogen and oxygen atoms in total. The zero-order chi connectivity index (χ0) is 14.5. The Kier molecular flexibility index (Phi) is 4.55. The van der Waals surface area contributed by atoms with E-state index in [0.717, 1.165) is 23.1 Å². The first-order valence-corrected chi connectivity index (χ1v) is 6.94. The van der Waals surface area contributed by atoms with E-state index in [2.05, 4.69) is 19.9 Å². The van der Waals surface area contributed by atoms with E-state index >= 15 is 0 Å². The van der Waals surface area contributed by atoms with Crippen LogP contribution in [0.4, 0.5) is 0 Å². The second kappa shape index (κ2) is 6.36. The summed E-state index contributed by atoms with van der Waals surface area (Å²) in [5, 5.41) is 19.0. The number of rotatable bonds is 4. The van der Waals surface area contributed by atoms with Crippen molar-refractivity contribution in [2.24, 2.45) is 5.92 Å². The summed E-state index contributed by atoms with van der Waals surface area (Å²) in [7, 11) is 0. The lowest BCUT2D eigenvalue weighted by Crippen LogP contribution is -2.07. The molecule has 0 aliphatic heterocycles. The maximum atomic E-state index is 10.2. The van der Waals surface area contributed by atoms with E-state index in [0.29, 0.717) is 5.56 Å². The molecule has 0 bridgehead atoms. The SMILES string of the molecule is CCC(C)C(O)c1ccc(-c2ccc(C#N)cc2)cc1. The minimum absolute atomic E-state index is 0.260. The van der Waals surface area contributed by atoms with Crippen LogP contribution in [-0.2, 0) is 0 Å². The van der Waals surface area contributed by atoms with Gasteiger partial charge in [-0.3, -0.25) is 0 Å². The summed E-state index contributed by atoms with van der Waals surface area (Å²) >= 11 is 0. The fourth-order valence-corrected chi connectivity index (χ4v) is 2.16. The number of nitrogens with zero attached hydrogens (tertiary/aromatic N) is 1. The average Bonchev–Trinajstić information content (AvgIpc) is 2.53. The molecule has 20 heavy (non-hydrogen) atoms. The standard InChI is InChI=1S/C18H19NO/c1-3-13(2)18(20)17-10-8-16(9-11-17)15-6-4-14(12-19)5-7-15/h4-11,13,18,20H,3H2,1-2H3. The molecule has 2 rings (SSSR count). The third-order valence-corrected chi connectivity index (χ3v) is 3.78. The molecule has 0 aliphatic carbocycles. The Morgan fingerprint density at radius 1 is 1.00 bits per heavy atom. The van der Waals surface area contributed by atoms with Gasteiger partial charge in [0.1, 0.15) is 0 Å². The smallest absolute Gasteiger partial charge is 0.0991 e. The molecule has 2 atom stereocenters. The van der Waals surface area contributed by atoms with Gasteiger partial charge >= 0.3 is 0 Å². The van der Waals surface area contributed by atoms with Gasteiger partial charge in [-0.25, -0.2) is 0 Å². The van der Waals surface area contributed by atoms with Crippen molar-refractivity contribution in [3.63, 3.8) is 0 Å². The van der Waals surface area contributed by atoms with E-state index in [9.17, 15) is 5.11 Å². The monoisotopic (exact) mass is 265 g/mol. The first-order chi connectivity index (χ1) is 9.65.